The van der Waals surface area contributed by atoms with Gasteiger partial charge in [-0.05, 0) is 26.7 Å². The number of carbonyl (C=O) groups excluding carboxylic acids is 3. The predicted molar refractivity (Wildman–Crippen MR) is 113 cm³/mol. The van der Waals surface area contributed by atoms with Gasteiger partial charge in [0.25, 0.3) is 0 Å². The SMILES string of the molecule is CC(=O)CN1CCN(CC(C)=O)CCN(CC(C)C)CCN(CC(C)=O)CC1. The minimum Gasteiger partial charge on any atom is -0.301 e. The van der Waals surface area contributed by atoms with Crippen LogP contribution in [0.25, 0.3) is 0 Å². The van der Waals surface area contributed by atoms with Gasteiger partial charge in [-0.3, -0.25) is 29.1 Å². The number of rotatable bonds is 8. The van der Waals surface area contributed by atoms with Gasteiger partial charge in [0.2, 0.25) is 0 Å². The van der Waals surface area contributed by atoms with Crippen LogP contribution in [0, 0.1) is 5.92 Å². The van der Waals surface area contributed by atoms with Gasteiger partial charge in [0.15, 0.2) is 0 Å². The number of hydrogen-bond acceptors (Lipinski definition) is 7. The Morgan fingerprint density at radius 1 is 0.571 bits per heavy atom. The van der Waals surface area contributed by atoms with Gasteiger partial charge in [0.1, 0.15) is 17.3 Å². The normalized spacial score (nSPS) is 19.9. The van der Waals surface area contributed by atoms with E-state index in [1.807, 2.05) is 0 Å². The maximum atomic E-state index is 11.7. The summed E-state index contributed by atoms with van der Waals surface area (Å²) in [7, 11) is 0. The highest BCUT2D eigenvalue weighted by atomic mass is 16.1. The van der Waals surface area contributed by atoms with Crippen molar-refractivity contribution in [2.75, 3.05) is 78.5 Å². The molecule has 1 saturated heterocycles. The Hall–Kier alpha value is -1.15. The standard InChI is InChI=1S/C21H40N4O3/c1-18(2)14-22-6-8-23(15-19(3)26)10-12-25(17-21(5)28)13-11-24(9-7-22)16-20(4)27/h18H,6-17H2,1-5H3. The molecule has 0 aromatic carbocycles. The Bertz CT molecular complexity index is 478. The Morgan fingerprint density at radius 3 is 1.04 bits per heavy atom. The molecule has 1 rings (SSSR count). The van der Waals surface area contributed by atoms with E-state index in [9.17, 15) is 14.4 Å². The number of carbonyl (C=O) groups is 3. The first-order valence-corrected chi connectivity index (χ1v) is 10.5. The van der Waals surface area contributed by atoms with E-state index in [0.717, 1.165) is 58.9 Å². The lowest BCUT2D eigenvalue weighted by molar-refractivity contribution is -0.120. The lowest BCUT2D eigenvalue weighted by atomic mass is 10.2. The third-order valence-corrected chi connectivity index (χ3v) is 4.89. The van der Waals surface area contributed by atoms with Crippen LogP contribution in [-0.2, 0) is 14.4 Å². The van der Waals surface area contributed by atoms with Crippen LogP contribution in [0.4, 0.5) is 0 Å². The fraction of sp³-hybridized carbons (Fsp3) is 0.857. The maximum absolute atomic E-state index is 11.7. The van der Waals surface area contributed by atoms with E-state index in [1.54, 1.807) is 20.8 Å². The van der Waals surface area contributed by atoms with Gasteiger partial charge in [0.05, 0.1) is 19.6 Å². The first-order valence-electron chi connectivity index (χ1n) is 10.5. The molecule has 28 heavy (non-hydrogen) atoms. The van der Waals surface area contributed by atoms with Gasteiger partial charge in [0, 0.05) is 58.9 Å². The van der Waals surface area contributed by atoms with E-state index in [4.69, 9.17) is 0 Å². The number of ketones is 3. The molecule has 0 saturated carbocycles. The van der Waals surface area contributed by atoms with Gasteiger partial charge in [-0.1, -0.05) is 13.8 Å². The third-order valence-electron chi connectivity index (χ3n) is 4.89. The average Bonchev–Trinajstić information content (AvgIpc) is 2.55. The molecule has 0 aliphatic carbocycles. The highest BCUT2D eigenvalue weighted by molar-refractivity contribution is 5.78. The van der Waals surface area contributed by atoms with Crippen molar-refractivity contribution in [3.63, 3.8) is 0 Å². The Kier molecular flexibility index (Phi) is 11.7. The first kappa shape index (κ1) is 24.9. The number of Topliss-reactive ketones (excluding diaryl/α,β-unsaturated/α-hetero) is 3. The van der Waals surface area contributed by atoms with E-state index in [2.05, 4.69) is 33.4 Å². The highest BCUT2D eigenvalue weighted by Gasteiger charge is 2.18. The van der Waals surface area contributed by atoms with Crippen LogP contribution >= 0.6 is 0 Å². The molecule has 7 nitrogen and oxygen atoms in total. The van der Waals surface area contributed by atoms with Gasteiger partial charge in [-0.25, -0.2) is 0 Å². The van der Waals surface area contributed by atoms with Crippen molar-refractivity contribution in [3.8, 4) is 0 Å². The van der Waals surface area contributed by atoms with Crippen LogP contribution < -0.4 is 0 Å². The van der Waals surface area contributed by atoms with Crippen LogP contribution in [-0.4, -0.2) is 115 Å². The molecule has 0 spiro atoms. The zero-order valence-electron chi connectivity index (χ0n) is 18.6. The van der Waals surface area contributed by atoms with Crippen LogP contribution in [0.1, 0.15) is 34.6 Å². The van der Waals surface area contributed by atoms with E-state index < -0.39 is 0 Å². The number of nitrogens with zero attached hydrogens (tertiary/aromatic N) is 4. The lowest BCUT2D eigenvalue weighted by Crippen LogP contribution is -2.48. The molecule has 0 aromatic heterocycles. The van der Waals surface area contributed by atoms with E-state index in [-0.39, 0.29) is 17.3 Å². The summed E-state index contributed by atoms with van der Waals surface area (Å²) in [6, 6.07) is 0. The summed E-state index contributed by atoms with van der Waals surface area (Å²) >= 11 is 0. The predicted octanol–water partition coefficient (Wildman–Crippen LogP) is 0.631. The monoisotopic (exact) mass is 396 g/mol. The van der Waals surface area contributed by atoms with Crippen molar-refractivity contribution < 1.29 is 14.4 Å². The molecule has 0 N–H and O–H groups in total. The molecule has 1 fully saturated rings. The van der Waals surface area contributed by atoms with Crippen molar-refractivity contribution in [2.45, 2.75) is 34.6 Å². The molecule has 0 unspecified atom stereocenters. The van der Waals surface area contributed by atoms with Crippen molar-refractivity contribution >= 4 is 17.3 Å². The van der Waals surface area contributed by atoms with Gasteiger partial charge < -0.3 is 4.90 Å². The largest absolute Gasteiger partial charge is 0.301 e. The van der Waals surface area contributed by atoms with Crippen LogP contribution in [0.5, 0.6) is 0 Å². The highest BCUT2D eigenvalue weighted by Crippen LogP contribution is 2.04. The molecule has 0 atom stereocenters. The Morgan fingerprint density at radius 2 is 0.821 bits per heavy atom. The smallest absolute Gasteiger partial charge is 0.143 e. The van der Waals surface area contributed by atoms with Crippen LogP contribution in [0.15, 0.2) is 0 Å². The zero-order chi connectivity index (χ0) is 21.1. The molecular weight excluding hydrogens is 356 g/mol. The van der Waals surface area contributed by atoms with Crippen LogP contribution in [0.2, 0.25) is 0 Å². The molecule has 0 bridgehead atoms. The molecule has 162 valence electrons. The van der Waals surface area contributed by atoms with Gasteiger partial charge >= 0.3 is 0 Å². The minimum absolute atomic E-state index is 0.145. The van der Waals surface area contributed by atoms with E-state index in [0.29, 0.717) is 25.6 Å². The summed E-state index contributed by atoms with van der Waals surface area (Å²) in [4.78, 5) is 44.1. The molecule has 1 aliphatic heterocycles. The summed E-state index contributed by atoms with van der Waals surface area (Å²) in [5.74, 6) is 1.06. The van der Waals surface area contributed by atoms with Crippen molar-refractivity contribution in [1.82, 2.24) is 19.6 Å². The first-order chi connectivity index (χ1) is 13.2. The fourth-order valence-electron chi connectivity index (χ4n) is 3.70. The van der Waals surface area contributed by atoms with Crippen LogP contribution in [0.3, 0.4) is 0 Å². The molecule has 1 heterocycles. The van der Waals surface area contributed by atoms with Gasteiger partial charge in [-0.15, -0.1) is 0 Å². The molecule has 0 amide bonds. The van der Waals surface area contributed by atoms with Crippen molar-refractivity contribution in [2.24, 2.45) is 5.92 Å². The van der Waals surface area contributed by atoms with Crippen molar-refractivity contribution in [1.29, 1.82) is 0 Å². The Balaban J connectivity index is 2.89. The van der Waals surface area contributed by atoms with E-state index >= 15 is 0 Å². The summed E-state index contributed by atoms with van der Waals surface area (Å²) in [6.45, 7) is 18.2. The molecule has 0 aromatic rings. The summed E-state index contributed by atoms with van der Waals surface area (Å²) < 4.78 is 0. The average molecular weight is 397 g/mol. The summed E-state index contributed by atoms with van der Waals surface area (Å²) in [5, 5.41) is 0. The molecule has 7 heteroatoms. The maximum Gasteiger partial charge on any atom is 0.143 e. The second-order valence-electron chi connectivity index (χ2n) is 8.63. The second-order valence-corrected chi connectivity index (χ2v) is 8.63. The molecular formula is C21H40N4O3. The summed E-state index contributed by atoms with van der Waals surface area (Å²) in [5.41, 5.74) is 0. The van der Waals surface area contributed by atoms with Crippen molar-refractivity contribution in [3.05, 3.63) is 0 Å². The quantitative estimate of drug-likeness (QED) is 0.596. The minimum atomic E-state index is 0.145. The fourth-order valence-corrected chi connectivity index (χ4v) is 3.70. The molecule has 0 radical (unpaired) electrons. The Labute approximate surface area is 171 Å². The second kappa shape index (κ2) is 13.1. The lowest BCUT2D eigenvalue weighted by Gasteiger charge is -2.34. The van der Waals surface area contributed by atoms with Gasteiger partial charge in [-0.2, -0.15) is 0 Å². The summed E-state index contributed by atoms with van der Waals surface area (Å²) in [6.07, 6.45) is 0. The zero-order valence-corrected chi connectivity index (χ0v) is 18.6. The van der Waals surface area contributed by atoms with E-state index in [1.165, 1.54) is 0 Å². The molecule has 1 aliphatic rings. The number of hydrogen-bond donors (Lipinski definition) is 0. The third kappa shape index (κ3) is 11.6. The topological polar surface area (TPSA) is 64.2 Å².